The summed E-state index contributed by atoms with van der Waals surface area (Å²) >= 11 is 1.51. The number of aryl methyl sites for hydroxylation is 2. The van der Waals surface area contributed by atoms with Crippen LogP contribution in [0.25, 0.3) is 11.1 Å². The van der Waals surface area contributed by atoms with Crippen molar-refractivity contribution in [2.24, 2.45) is 7.05 Å². The van der Waals surface area contributed by atoms with Crippen molar-refractivity contribution in [1.29, 1.82) is 0 Å². The summed E-state index contributed by atoms with van der Waals surface area (Å²) in [4.78, 5) is 19.1. The fraction of sp³-hybridized carbons (Fsp3) is 0.350. The molecule has 0 N–H and O–H groups in total. The van der Waals surface area contributed by atoms with Crippen LogP contribution in [0.15, 0.2) is 36.0 Å². The number of rotatable bonds is 2. The molecule has 1 atom stereocenters. The van der Waals surface area contributed by atoms with Crippen molar-refractivity contribution in [1.82, 2.24) is 19.7 Å². The van der Waals surface area contributed by atoms with Crippen LogP contribution in [0.1, 0.15) is 27.5 Å². The molecule has 1 unspecified atom stereocenters. The normalized spacial score (nSPS) is 20.9. The first-order valence-electron chi connectivity index (χ1n) is 9.02. The summed E-state index contributed by atoms with van der Waals surface area (Å²) in [5.74, 6) is 0.953. The van der Waals surface area contributed by atoms with Crippen molar-refractivity contribution < 1.29 is 9.53 Å². The zero-order valence-corrected chi connectivity index (χ0v) is 16.1. The van der Waals surface area contributed by atoms with Crippen molar-refractivity contribution in [3.05, 3.63) is 52.2 Å². The van der Waals surface area contributed by atoms with E-state index in [-0.39, 0.29) is 11.3 Å². The molecule has 138 valence electrons. The molecule has 1 spiro atoms. The Bertz CT molecular complexity index is 1040. The number of hydrogen-bond donors (Lipinski definition) is 0. The second-order valence-corrected chi connectivity index (χ2v) is 8.47. The highest BCUT2D eigenvalue weighted by molar-refractivity contribution is 7.09. The topological polar surface area (TPSA) is 60.3 Å². The standard InChI is InChI=1S/C20H20N4O2S/c1-13-22-17(10-27-13)19(25)24-6-5-20(11-24)12-26-18-4-3-14(7-16(18)20)15-8-21-23(2)9-15/h3-4,7-10H,5-6,11-12H2,1-2H3. The molecule has 6 nitrogen and oxygen atoms in total. The van der Waals surface area contributed by atoms with E-state index in [9.17, 15) is 4.79 Å². The van der Waals surface area contributed by atoms with E-state index in [1.807, 2.05) is 42.7 Å². The number of carbonyl (C=O) groups excluding carboxylic acids is 1. The molecule has 4 heterocycles. The summed E-state index contributed by atoms with van der Waals surface area (Å²) in [5.41, 5.74) is 3.85. The van der Waals surface area contributed by atoms with Gasteiger partial charge in [0.1, 0.15) is 11.4 Å². The number of hydrogen-bond acceptors (Lipinski definition) is 5. The molecule has 27 heavy (non-hydrogen) atoms. The van der Waals surface area contributed by atoms with Crippen LogP contribution in [0.3, 0.4) is 0 Å². The van der Waals surface area contributed by atoms with Crippen LogP contribution in [-0.2, 0) is 12.5 Å². The number of nitrogens with zero attached hydrogens (tertiary/aromatic N) is 4. The Morgan fingerprint density at radius 3 is 2.96 bits per heavy atom. The first-order chi connectivity index (χ1) is 13.0. The predicted octanol–water partition coefficient (Wildman–Crippen LogP) is 3.03. The number of fused-ring (bicyclic) bond motifs is 2. The van der Waals surface area contributed by atoms with Crippen molar-refractivity contribution >= 4 is 17.2 Å². The quantitative estimate of drug-likeness (QED) is 0.686. The molecular formula is C20H20N4O2S. The lowest BCUT2D eigenvalue weighted by molar-refractivity contribution is 0.0775. The van der Waals surface area contributed by atoms with E-state index in [1.54, 1.807) is 4.68 Å². The molecule has 0 aliphatic carbocycles. The van der Waals surface area contributed by atoms with Crippen molar-refractivity contribution in [2.45, 2.75) is 18.8 Å². The molecule has 7 heteroatoms. The molecule has 1 saturated heterocycles. The van der Waals surface area contributed by atoms with Crippen molar-refractivity contribution in [3.8, 4) is 16.9 Å². The van der Waals surface area contributed by atoms with E-state index in [0.717, 1.165) is 34.8 Å². The Balaban J connectivity index is 1.45. The smallest absolute Gasteiger partial charge is 0.273 e. The molecule has 1 fully saturated rings. The third kappa shape index (κ3) is 2.65. The number of amides is 1. The summed E-state index contributed by atoms with van der Waals surface area (Å²) in [6.07, 6.45) is 4.80. The molecular weight excluding hydrogens is 360 g/mol. The van der Waals surface area contributed by atoms with Crippen molar-refractivity contribution in [3.63, 3.8) is 0 Å². The van der Waals surface area contributed by atoms with E-state index >= 15 is 0 Å². The van der Waals surface area contributed by atoms with Gasteiger partial charge in [0.15, 0.2) is 0 Å². The zero-order chi connectivity index (χ0) is 18.6. The highest BCUT2D eigenvalue weighted by atomic mass is 32.1. The third-order valence-corrected chi connectivity index (χ3v) is 6.35. The SMILES string of the molecule is Cc1nc(C(=O)N2CCC3(COc4ccc(-c5cnn(C)c5)cc43)C2)cs1. The maximum Gasteiger partial charge on any atom is 0.273 e. The van der Waals surface area contributed by atoms with Gasteiger partial charge in [-0.15, -0.1) is 11.3 Å². The Hall–Kier alpha value is -2.67. The fourth-order valence-electron chi connectivity index (χ4n) is 4.12. The first-order valence-corrected chi connectivity index (χ1v) is 9.90. The minimum Gasteiger partial charge on any atom is -0.492 e. The van der Waals surface area contributed by atoms with Crippen LogP contribution in [0.2, 0.25) is 0 Å². The Labute approximate surface area is 161 Å². The van der Waals surface area contributed by atoms with Gasteiger partial charge in [0, 0.05) is 42.8 Å². The number of likely N-dealkylation sites (tertiary alicyclic amines) is 1. The number of carbonyl (C=O) groups is 1. The van der Waals surface area contributed by atoms with Gasteiger partial charge in [-0.05, 0) is 31.0 Å². The van der Waals surface area contributed by atoms with Gasteiger partial charge in [0.05, 0.1) is 23.2 Å². The predicted molar refractivity (Wildman–Crippen MR) is 103 cm³/mol. The summed E-state index contributed by atoms with van der Waals surface area (Å²) in [6.45, 7) is 3.95. The summed E-state index contributed by atoms with van der Waals surface area (Å²) in [6, 6.07) is 6.33. The summed E-state index contributed by atoms with van der Waals surface area (Å²) < 4.78 is 7.80. The maximum absolute atomic E-state index is 12.8. The van der Waals surface area contributed by atoms with Gasteiger partial charge in [-0.3, -0.25) is 9.48 Å². The highest BCUT2D eigenvalue weighted by Crippen LogP contribution is 2.46. The van der Waals surface area contributed by atoms with Gasteiger partial charge in [-0.2, -0.15) is 5.10 Å². The molecule has 1 amide bonds. The highest BCUT2D eigenvalue weighted by Gasteiger charge is 2.47. The van der Waals surface area contributed by atoms with Gasteiger partial charge < -0.3 is 9.64 Å². The van der Waals surface area contributed by atoms with Crippen LogP contribution in [0.4, 0.5) is 0 Å². The molecule has 2 aliphatic rings. The minimum atomic E-state index is -0.131. The molecule has 2 aromatic heterocycles. The van der Waals surface area contributed by atoms with Gasteiger partial charge in [0.2, 0.25) is 0 Å². The molecule has 3 aromatic rings. The fourth-order valence-corrected chi connectivity index (χ4v) is 4.71. The monoisotopic (exact) mass is 380 g/mol. The Morgan fingerprint density at radius 1 is 1.33 bits per heavy atom. The van der Waals surface area contributed by atoms with Crippen LogP contribution >= 0.6 is 11.3 Å². The third-order valence-electron chi connectivity index (χ3n) is 5.57. The number of aromatic nitrogens is 3. The lowest BCUT2D eigenvalue weighted by Gasteiger charge is -2.23. The molecule has 2 aliphatic heterocycles. The van der Waals surface area contributed by atoms with Gasteiger partial charge in [-0.1, -0.05) is 6.07 Å². The number of benzene rings is 1. The summed E-state index contributed by atoms with van der Waals surface area (Å²) in [5, 5.41) is 7.04. The van der Waals surface area contributed by atoms with E-state index in [1.165, 1.54) is 16.9 Å². The van der Waals surface area contributed by atoms with Crippen LogP contribution < -0.4 is 4.74 Å². The second kappa shape index (κ2) is 5.92. The molecule has 0 saturated carbocycles. The Morgan fingerprint density at radius 2 is 2.22 bits per heavy atom. The first kappa shape index (κ1) is 16.5. The van der Waals surface area contributed by atoms with E-state index in [0.29, 0.717) is 18.8 Å². The van der Waals surface area contributed by atoms with E-state index in [2.05, 4.69) is 22.2 Å². The number of thiazole rings is 1. The van der Waals surface area contributed by atoms with E-state index < -0.39 is 0 Å². The van der Waals surface area contributed by atoms with Gasteiger partial charge in [-0.25, -0.2) is 4.98 Å². The molecule has 5 rings (SSSR count). The largest absolute Gasteiger partial charge is 0.492 e. The molecule has 1 aromatic carbocycles. The van der Waals surface area contributed by atoms with E-state index in [4.69, 9.17) is 4.74 Å². The zero-order valence-electron chi connectivity index (χ0n) is 15.3. The lowest BCUT2D eigenvalue weighted by Crippen LogP contribution is -2.35. The lowest BCUT2D eigenvalue weighted by atomic mass is 9.81. The molecule has 0 radical (unpaired) electrons. The minimum absolute atomic E-state index is 0.0214. The summed E-state index contributed by atoms with van der Waals surface area (Å²) in [7, 11) is 1.92. The number of ether oxygens (including phenoxy) is 1. The second-order valence-electron chi connectivity index (χ2n) is 7.41. The molecule has 0 bridgehead atoms. The van der Waals surface area contributed by atoms with Gasteiger partial charge >= 0.3 is 0 Å². The average molecular weight is 380 g/mol. The van der Waals surface area contributed by atoms with Crippen LogP contribution in [0, 0.1) is 6.92 Å². The van der Waals surface area contributed by atoms with Crippen LogP contribution in [0.5, 0.6) is 5.75 Å². The average Bonchev–Trinajstić information content (AvgIpc) is 3.44. The van der Waals surface area contributed by atoms with Crippen molar-refractivity contribution in [2.75, 3.05) is 19.7 Å². The Kier molecular flexibility index (Phi) is 3.62. The van der Waals surface area contributed by atoms with Crippen LogP contribution in [-0.4, -0.2) is 45.3 Å². The maximum atomic E-state index is 12.8. The van der Waals surface area contributed by atoms with Gasteiger partial charge in [0.25, 0.3) is 5.91 Å².